The van der Waals surface area contributed by atoms with Crippen LogP contribution >= 0.6 is 0 Å². The number of hydrogen-bond donors (Lipinski definition) is 0. The van der Waals surface area contributed by atoms with E-state index in [4.69, 9.17) is 0 Å². The van der Waals surface area contributed by atoms with Crippen molar-refractivity contribution in [1.82, 2.24) is 0 Å². The molecule has 0 fully saturated rings. The standard InChI is InChI=1S/C18H14Si/c1-14(19-18-9-3-2-4-10-18)16-12-11-15-7-5-6-8-17(15)13-16/h2-13H,1H2. The van der Waals surface area contributed by atoms with E-state index < -0.39 is 0 Å². The van der Waals surface area contributed by atoms with E-state index in [9.17, 15) is 0 Å². The van der Waals surface area contributed by atoms with E-state index in [1.54, 1.807) is 0 Å². The Labute approximate surface area is 116 Å². The highest BCUT2D eigenvalue weighted by Crippen LogP contribution is 2.19. The highest BCUT2D eigenvalue weighted by Gasteiger charge is 2.03. The highest BCUT2D eigenvalue weighted by molar-refractivity contribution is 6.72. The van der Waals surface area contributed by atoms with Crippen LogP contribution in [-0.4, -0.2) is 9.52 Å². The van der Waals surface area contributed by atoms with Crippen molar-refractivity contribution in [3.05, 3.63) is 84.9 Å². The first-order chi connectivity index (χ1) is 9.33. The summed E-state index contributed by atoms with van der Waals surface area (Å²) < 4.78 is 0. The van der Waals surface area contributed by atoms with Crippen molar-refractivity contribution in [2.75, 3.05) is 0 Å². The molecule has 0 aliphatic carbocycles. The minimum Gasteiger partial charge on any atom is -0.0993 e. The predicted octanol–water partition coefficient (Wildman–Crippen LogP) is 3.84. The lowest BCUT2D eigenvalue weighted by atomic mass is 10.1. The first kappa shape index (κ1) is 11.9. The zero-order valence-electron chi connectivity index (χ0n) is 10.6. The molecular formula is C18H14Si. The third kappa shape index (κ3) is 2.66. The summed E-state index contributed by atoms with van der Waals surface area (Å²) in [6, 6.07) is 25.5. The van der Waals surface area contributed by atoms with Crippen molar-refractivity contribution >= 4 is 30.7 Å². The van der Waals surface area contributed by atoms with Crippen LogP contribution in [-0.2, 0) is 0 Å². The van der Waals surface area contributed by atoms with Crippen LogP contribution in [0.25, 0.3) is 16.0 Å². The van der Waals surface area contributed by atoms with Crippen molar-refractivity contribution in [1.29, 1.82) is 0 Å². The Kier molecular flexibility index (Phi) is 3.30. The number of hydrogen-bond acceptors (Lipinski definition) is 0. The van der Waals surface area contributed by atoms with Gasteiger partial charge in [-0.2, -0.15) is 0 Å². The second kappa shape index (κ2) is 5.25. The molecule has 3 rings (SSSR count). The molecule has 0 atom stereocenters. The molecule has 0 aliphatic heterocycles. The number of rotatable bonds is 3. The average Bonchev–Trinajstić information content (AvgIpc) is 2.48. The Balaban J connectivity index is 1.89. The summed E-state index contributed by atoms with van der Waals surface area (Å²) in [7, 11) is 0.632. The van der Waals surface area contributed by atoms with E-state index in [0.717, 1.165) is 0 Å². The van der Waals surface area contributed by atoms with Gasteiger partial charge in [-0.15, -0.1) is 0 Å². The van der Waals surface area contributed by atoms with E-state index in [2.05, 4.69) is 73.3 Å². The quantitative estimate of drug-likeness (QED) is 0.626. The third-order valence-electron chi connectivity index (χ3n) is 3.17. The van der Waals surface area contributed by atoms with Gasteiger partial charge >= 0.3 is 0 Å². The molecule has 0 amide bonds. The van der Waals surface area contributed by atoms with E-state index in [0.29, 0.717) is 9.52 Å². The van der Waals surface area contributed by atoms with Gasteiger partial charge in [0.2, 0.25) is 0 Å². The molecule has 0 saturated heterocycles. The van der Waals surface area contributed by atoms with Gasteiger partial charge in [-0.3, -0.25) is 0 Å². The lowest BCUT2D eigenvalue weighted by molar-refractivity contribution is 1.70. The fourth-order valence-corrected chi connectivity index (χ4v) is 3.15. The molecule has 3 aromatic rings. The van der Waals surface area contributed by atoms with Crippen molar-refractivity contribution in [3.8, 4) is 0 Å². The lowest BCUT2D eigenvalue weighted by Crippen LogP contribution is -2.14. The fraction of sp³-hybridized carbons (Fsp3) is 0. The summed E-state index contributed by atoms with van der Waals surface area (Å²) in [6.45, 7) is 4.24. The van der Waals surface area contributed by atoms with E-state index in [1.165, 1.54) is 26.7 Å². The Morgan fingerprint density at radius 1 is 0.737 bits per heavy atom. The first-order valence-electron chi connectivity index (χ1n) is 6.33. The molecule has 0 aliphatic rings. The maximum absolute atomic E-state index is 4.24. The minimum absolute atomic E-state index is 0.632. The molecular weight excluding hydrogens is 244 g/mol. The zero-order valence-corrected chi connectivity index (χ0v) is 11.6. The number of fused-ring (bicyclic) bond motifs is 1. The van der Waals surface area contributed by atoms with Gasteiger partial charge in [0.25, 0.3) is 0 Å². The summed E-state index contributed by atoms with van der Waals surface area (Å²) in [5.74, 6) is 0. The van der Waals surface area contributed by atoms with Gasteiger partial charge in [0.05, 0.1) is 0 Å². The van der Waals surface area contributed by atoms with Crippen molar-refractivity contribution in [2.45, 2.75) is 0 Å². The van der Waals surface area contributed by atoms with Gasteiger partial charge in [0.1, 0.15) is 9.52 Å². The molecule has 0 spiro atoms. The molecule has 3 aromatic carbocycles. The second-order valence-electron chi connectivity index (χ2n) is 4.53. The van der Waals surface area contributed by atoms with Gasteiger partial charge in [0, 0.05) is 0 Å². The van der Waals surface area contributed by atoms with Gasteiger partial charge in [-0.05, 0) is 22.4 Å². The average molecular weight is 258 g/mol. The molecule has 19 heavy (non-hydrogen) atoms. The Morgan fingerprint density at radius 3 is 2.21 bits per heavy atom. The molecule has 90 valence electrons. The van der Waals surface area contributed by atoms with Crippen LogP contribution in [0.2, 0.25) is 0 Å². The molecule has 0 heterocycles. The molecule has 0 nitrogen and oxygen atoms in total. The maximum atomic E-state index is 4.24. The first-order valence-corrected chi connectivity index (χ1v) is 7.33. The SMILES string of the molecule is C=C([Si]c1ccccc1)c1ccc2ccccc2c1. The van der Waals surface area contributed by atoms with Crippen LogP contribution in [0.3, 0.4) is 0 Å². The molecule has 0 aromatic heterocycles. The Hall–Kier alpha value is -2.12. The van der Waals surface area contributed by atoms with E-state index >= 15 is 0 Å². The smallest absolute Gasteiger partial charge is 0.0993 e. The summed E-state index contributed by atoms with van der Waals surface area (Å²) in [5.41, 5.74) is 1.24. The normalized spacial score (nSPS) is 10.5. The zero-order chi connectivity index (χ0) is 13.1. The van der Waals surface area contributed by atoms with Gasteiger partial charge in [0.15, 0.2) is 0 Å². The van der Waals surface area contributed by atoms with Gasteiger partial charge in [-0.25, -0.2) is 0 Å². The summed E-state index contributed by atoms with van der Waals surface area (Å²) >= 11 is 0. The van der Waals surface area contributed by atoms with E-state index in [-0.39, 0.29) is 0 Å². The fourth-order valence-electron chi connectivity index (χ4n) is 2.14. The van der Waals surface area contributed by atoms with Crippen LogP contribution in [0.15, 0.2) is 79.4 Å². The molecule has 0 bridgehead atoms. The molecule has 0 N–H and O–H groups in total. The van der Waals surface area contributed by atoms with Crippen LogP contribution in [0, 0.1) is 0 Å². The Morgan fingerprint density at radius 2 is 1.42 bits per heavy atom. The Bertz CT molecular complexity index is 714. The largest absolute Gasteiger partial charge is 0.121 e. The second-order valence-corrected chi connectivity index (χ2v) is 5.96. The van der Waals surface area contributed by atoms with Crippen molar-refractivity contribution in [2.24, 2.45) is 0 Å². The molecule has 1 heteroatoms. The summed E-state index contributed by atoms with van der Waals surface area (Å²) in [5, 5.41) is 5.08. The monoisotopic (exact) mass is 258 g/mol. The van der Waals surface area contributed by atoms with Gasteiger partial charge in [-0.1, -0.05) is 83.7 Å². The summed E-state index contributed by atoms with van der Waals surface area (Å²) in [6.07, 6.45) is 0. The van der Waals surface area contributed by atoms with Gasteiger partial charge < -0.3 is 0 Å². The van der Waals surface area contributed by atoms with Crippen LogP contribution in [0.5, 0.6) is 0 Å². The third-order valence-corrected chi connectivity index (χ3v) is 4.38. The van der Waals surface area contributed by atoms with Crippen LogP contribution in [0.4, 0.5) is 0 Å². The topological polar surface area (TPSA) is 0 Å². The van der Waals surface area contributed by atoms with E-state index in [1.807, 2.05) is 6.07 Å². The lowest BCUT2D eigenvalue weighted by Gasteiger charge is -2.07. The highest BCUT2D eigenvalue weighted by atomic mass is 28.2. The summed E-state index contributed by atoms with van der Waals surface area (Å²) in [4.78, 5) is 0. The van der Waals surface area contributed by atoms with Crippen molar-refractivity contribution in [3.63, 3.8) is 0 Å². The minimum atomic E-state index is 0.632. The molecule has 0 unspecified atom stereocenters. The maximum Gasteiger partial charge on any atom is 0.121 e. The van der Waals surface area contributed by atoms with Crippen LogP contribution in [0.1, 0.15) is 5.56 Å². The predicted molar refractivity (Wildman–Crippen MR) is 84.8 cm³/mol. The molecule has 0 saturated carbocycles. The van der Waals surface area contributed by atoms with Crippen molar-refractivity contribution < 1.29 is 0 Å². The van der Waals surface area contributed by atoms with Crippen LogP contribution < -0.4 is 5.19 Å². The number of benzene rings is 3. The molecule has 2 radical (unpaired) electrons.